The zero-order chi connectivity index (χ0) is 15.0. The molecule has 2 aromatic heterocycles. The van der Waals surface area contributed by atoms with Gasteiger partial charge in [0.2, 0.25) is 5.88 Å². The number of hydrogen-bond donors (Lipinski definition) is 1. The van der Waals surface area contributed by atoms with Crippen LogP contribution in [0.1, 0.15) is 10.4 Å². The van der Waals surface area contributed by atoms with Crippen molar-refractivity contribution in [2.75, 3.05) is 0 Å². The van der Waals surface area contributed by atoms with E-state index in [1.165, 1.54) is 12.5 Å². The summed E-state index contributed by atoms with van der Waals surface area (Å²) in [5, 5.41) is 9.74. The minimum Gasteiger partial charge on any atom is -0.478 e. The molecule has 0 aliphatic heterocycles. The topological polar surface area (TPSA) is 77.2 Å². The van der Waals surface area contributed by atoms with Gasteiger partial charge in [-0.3, -0.25) is 0 Å². The maximum Gasteiger partial charge on any atom is 0.339 e. The number of ether oxygens (including phenoxy) is 1. The highest BCUT2D eigenvalue weighted by atomic mass is 35.5. The maximum absolute atomic E-state index is 11.2. The molecule has 0 spiro atoms. The van der Waals surface area contributed by atoms with E-state index >= 15 is 0 Å². The fraction of sp³-hybridized carbons (Fsp3) is 0.0714. The lowest BCUT2D eigenvalue weighted by atomic mass is 10.2. The van der Waals surface area contributed by atoms with Gasteiger partial charge in [-0.2, -0.15) is 0 Å². The number of halogens is 2. The first kappa shape index (κ1) is 16.1. The van der Waals surface area contributed by atoms with Crippen molar-refractivity contribution >= 4 is 41.0 Å². The van der Waals surface area contributed by atoms with Gasteiger partial charge in [0.05, 0.1) is 11.8 Å². The van der Waals surface area contributed by atoms with Crippen molar-refractivity contribution in [1.82, 2.24) is 14.5 Å². The van der Waals surface area contributed by atoms with E-state index in [0.29, 0.717) is 21.8 Å². The van der Waals surface area contributed by atoms with Crippen molar-refractivity contribution in [2.45, 2.75) is 0 Å². The Hall–Kier alpha value is -2.31. The fourth-order valence-corrected chi connectivity index (χ4v) is 2.20. The van der Waals surface area contributed by atoms with Gasteiger partial charge in [0.25, 0.3) is 0 Å². The quantitative estimate of drug-likeness (QED) is 0.789. The average Bonchev–Trinajstić information content (AvgIpc) is 2.82. The highest BCUT2D eigenvalue weighted by molar-refractivity contribution is 6.30. The number of pyridine rings is 1. The molecule has 0 bridgehead atoms. The van der Waals surface area contributed by atoms with Crippen LogP contribution < -0.4 is 4.74 Å². The number of carboxylic acids is 1. The van der Waals surface area contributed by atoms with Gasteiger partial charge in [-0.15, -0.1) is 12.4 Å². The van der Waals surface area contributed by atoms with Gasteiger partial charge in [-0.05, 0) is 18.2 Å². The molecule has 0 aliphatic rings. The Morgan fingerprint density at radius 2 is 2.14 bits per heavy atom. The van der Waals surface area contributed by atoms with Crippen molar-refractivity contribution in [3.63, 3.8) is 0 Å². The molecule has 1 aromatic carbocycles. The molecule has 0 saturated carbocycles. The Bertz CT molecular complexity index is 848. The number of imidazole rings is 1. The summed E-state index contributed by atoms with van der Waals surface area (Å²) >= 11 is 5.90. The molecule has 2 heterocycles. The summed E-state index contributed by atoms with van der Waals surface area (Å²) in [6.45, 7) is 0. The molecule has 0 amide bonds. The lowest BCUT2D eigenvalue weighted by Gasteiger charge is -2.07. The summed E-state index contributed by atoms with van der Waals surface area (Å²) < 4.78 is 7.27. The van der Waals surface area contributed by atoms with Crippen LogP contribution in [0.2, 0.25) is 5.02 Å². The number of rotatable bonds is 3. The fourth-order valence-electron chi connectivity index (χ4n) is 2.02. The first-order valence-corrected chi connectivity index (χ1v) is 6.41. The van der Waals surface area contributed by atoms with E-state index in [-0.39, 0.29) is 23.9 Å². The van der Waals surface area contributed by atoms with Crippen LogP contribution in [0.3, 0.4) is 0 Å². The number of benzene rings is 1. The van der Waals surface area contributed by atoms with Gasteiger partial charge >= 0.3 is 5.97 Å². The van der Waals surface area contributed by atoms with Crippen LogP contribution in [0.25, 0.3) is 11.0 Å². The third kappa shape index (κ3) is 2.84. The van der Waals surface area contributed by atoms with Gasteiger partial charge in [0, 0.05) is 18.3 Å². The maximum atomic E-state index is 11.2. The third-order valence-electron chi connectivity index (χ3n) is 2.95. The summed E-state index contributed by atoms with van der Waals surface area (Å²) in [7, 11) is 1.71. The molecule has 0 saturated heterocycles. The minimum atomic E-state index is -1.06. The van der Waals surface area contributed by atoms with Gasteiger partial charge in [0.15, 0.2) is 5.52 Å². The van der Waals surface area contributed by atoms with Gasteiger partial charge < -0.3 is 14.4 Å². The molecule has 0 aliphatic carbocycles. The number of carbonyl (C=O) groups is 1. The van der Waals surface area contributed by atoms with E-state index in [0.717, 1.165) is 0 Å². The van der Waals surface area contributed by atoms with Crippen molar-refractivity contribution < 1.29 is 14.6 Å². The molecule has 114 valence electrons. The van der Waals surface area contributed by atoms with E-state index in [1.807, 2.05) is 0 Å². The zero-order valence-electron chi connectivity index (χ0n) is 11.4. The molecule has 0 atom stereocenters. The Morgan fingerprint density at radius 1 is 1.36 bits per heavy atom. The molecule has 1 N–H and O–H groups in total. The second-order valence-corrected chi connectivity index (χ2v) is 4.83. The van der Waals surface area contributed by atoms with Crippen LogP contribution >= 0.6 is 24.0 Å². The van der Waals surface area contributed by atoms with Crippen LogP contribution in [-0.4, -0.2) is 25.6 Å². The van der Waals surface area contributed by atoms with Gasteiger partial charge in [-0.1, -0.05) is 17.7 Å². The van der Waals surface area contributed by atoms with E-state index in [2.05, 4.69) is 9.97 Å². The van der Waals surface area contributed by atoms with Crippen LogP contribution in [-0.2, 0) is 7.05 Å². The van der Waals surface area contributed by atoms with Crippen molar-refractivity contribution in [3.8, 4) is 11.6 Å². The smallest absolute Gasteiger partial charge is 0.339 e. The van der Waals surface area contributed by atoms with E-state index < -0.39 is 5.97 Å². The minimum absolute atomic E-state index is 0. The Labute approximate surface area is 136 Å². The summed E-state index contributed by atoms with van der Waals surface area (Å²) in [6, 6.07) is 6.85. The van der Waals surface area contributed by atoms with E-state index in [9.17, 15) is 9.90 Å². The number of hydrogen-bond acceptors (Lipinski definition) is 4. The van der Waals surface area contributed by atoms with Crippen molar-refractivity contribution in [1.29, 1.82) is 0 Å². The molecular weight excluding hydrogens is 329 g/mol. The highest BCUT2D eigenvalue weighted by Crippen LogP contribution is 2.29. The Balaban J connectivity index is 0.00000176. The second-order valence-electron chi connectivity index (χ2n) is 4.39. The molecule has 6 nitrogen and oxygen atoms in total. The highest BCUT2D eigenvalue weighted by Gasteiger charge is 2.18. The summed E-state index contributed by atoms with van der Waals surface area (Å²) in [5.41, 5.74) is 0.912. The third-order valence-corrected chi connectivity index (χ3v) is 3.18. The normalized spacial score (nSPS) is 10.3. The molecule has 3 rings (SSSR count). The number of nitrogens with zero attached hydrogens (tertiary/aromatic N) is 3. The molecule has 0 unspecified atom stereocenters. The molecule has 8 heteroatoms. The number of aryl methyl sites for hydroxylation is 1. The van der Waals surface area contributed by atoms with E-state index in [4.69, 9.17) is 16.3 Å². The lowest BCUT2D eigenvalue weighted by Crippen LogP contribution is -2.02. The standard InChI is InChI=1S/C14H10ClN3O3.ClH/c1-18-7-17-11-12(18)10(14(19)20)6-16-13(11)21-9-4-2-3-8(15)5-9;/h2-7H,1H3,(H,19,20);1H. The average molecular weight is 340 g/mol. The van der Waals surface area contributed by atoms with Crippen molar-refractivity contribution in [3.05, 3.63) is 47.4 Å². The Kier molecular flexibility index (Phi) is 4.54. The monoisotopic (exact) mass is 339 g/mol. The Morgan fingerprint density at radius 3 is 2.82 bits per heavy atom. The summed E-state index contributed by atoms with van der Waals surface area (Å²) in [5.74, 6) is -0.326. The summed E-state index contributed by atoms with van der Waals surface area (Å²) in [6.07, 6.45) is 2.77. The SMILES string of the molecule is Cl.Cn1cnc2c(Oc3cccc(Cl)c3)ncc(C(=O)O)c21. The predicted octanol–water partition coefficient (Wildman–Crippen LogP) is 3.53. The molecule has 0 radical (unpaired) electrons. The number of aromatic nitrogens is 3. The zero-order valence-corrected chi connectivity index (χ0v) is 12.9. The summed E-state index contributed by atoms with van der Waals surface area (Å²) in [4.78, 5) is 19.4. The molecule has 3 aromatic rings. The molecule has 22 heavy (non-hydrogen) atoms. The second kappa shape index (κ2) is 6.21. The first-order valence-electron chi connectivity index (χ1n) is 6.03. The number of carboxylic acid groups (broad SMARTS) is 1. The van der Waals surface area contributed by atoms with Gasteiger partial charge in [-0.25, -0.2) is 14.8 Å². The van der Waals surface area contributed by atoms with Crippen LogP contribution in [0.15, 0.2) is 36.8 Å². The van der Waals surface area contributed by atoms with Crippen molar-refractivity contribution in [2.24, 2.45) is 7.05 Å². The van der Waals surface area contributed by atoms with E-state index in [1.54, 1.807) is 35.9 Å². The van der Waals surface area contributed by atoms with Crippen LogP contribution in [0, 0.1) is 0 Å². The van der Waals surface area contributed by atoms with Crippen LogP contribution in [0.4, 0.5) is 0 Å². The first-order chi connectivity index (χ1) is 10.1. The number of fused-ring (bicyclic) bond motifs is 1. The van der Waals surface area contributed by atoms with Gasteiger partial charge in [0.1, 0.15) is 11.3 Å². The van der Waals surface area contributed by atoms with Crippen LogP contribution in [0.5, 0.6) is 11.6 Å². The largest absolute Gasteiger partial charge is 0.478 e. The molecular formula is C14H11Cl2N3O3. The predicted molar refractivity (Wildman–Crippen MR) is 84.2 cm³/mol. The molecule has 0 fully saturated rings. The number of aromatic carboxylic acids is 1. The lowest BCUT2D eigenvalue weighted by molar-refractivity contribution is 0.0698.